The highest BCUT2D eigenvalue weighted by Gasteiger charge is 2.02. The van der Waals surface area contributed by atoms with Crippen LogP contribution in [0.2, 0.25) is 0 Å². The molecule has 0 saturated carbocycles. The molecule has 0 aliphatic carbocycles. The second-order valence-corrected chi connectivity index (χ2v) is 5.18. The van der Waals surface area contributed by atoms with Gasteiger partial charge in [0.15, 0.2) is 0 Å². The number of hydrogen-bond donors (Lipinski definition) is 2. The summed E-state index contributed by atoms with van der Waals surface area (Å²) in [4.78, 5) is 0. The molecule has 0 unspecified atom stereocenters. The van der Waals surface area contributed by atoms with Gasteiger partial charge in [0.2, 0.25) is 0 Å². The Hall–Kier alpha value is -1.96. The van der Waals surface area contributed by atoms with Crippen molar-refractivity contribution in [1.29, 1.82) is 0 Å². The Bertz CT molecular complexity index is 544. The van der Waals surface area contributed by atoms with Gasteiger partial charge in [-0.2, -0.15) is 0 Å². The summed E-state index contributed by atoms with van der Waals surface area (Å²) in [5.74, 6) is 0. The number of para-hydroxylation sites is 1. The van der Waals surface area contributed by atoms with Crippen molar-refractivity contribution in [2.75, 3.05) is 23.7 Å². The van der Waals surface area contributed by atoms with Gasteiger partial charge >= 0.3 is 0 Å². The number of benzene rings is 2. The first-order chi connectivity index (χ1) is 9.70. The first-order valence-corrected chi connectivity index (χ1v) is 7.33. The second kappa shape index (κ2) is 6.99. The molecule has 0 spiro atoms. The third kappa shape index (κ3) is 3.77. The van der Waals surface area contributed by atoms with Gasteiger partial charge in [0.25, 0.3) is 0 Å². The number of hydrogen-bond acceptors (Lipinski definition) is 2. The van der Waals surface area contributed by atoms with Gasteiger partial charge in [-0.05, 0) is 43.5 Å². The van der Waals surface area contributed by atoms with Crippen molar-refractivity contribution in [1.82, 2.24) is 0 Å². The van der Waals surface area contributed by atoms with Gasteiger partial charge in [0.05, 0.1) is 0 Å². The van der Waals surface area contributed by atoms with Crippen molar-refractivity contribution in [2.24, 2.45) is 0 Å². The maximum absolute atomic E-state index is 3.55. The van der Waals surface area contributed by atoms with Crippen LogP contribution in [0.15, 0.2) is 42.5 Å². The summed E-state index contributed by atoms with van der Waals surface area (Å²) in [5, 5.41) is 6.99. The van der Waals surface area contributed by atoms with Gasteiger partial charge in [0.1, 0.15) is 0 Å². The molecule has 0 aliphatic rings. The van der Waals surface area contributed by atoms with Gasteiger partial charge in [-0.25, -0.2) is 0 Å². The Balaban J connectivity index is 1.86. The molecule has 20 heavy (non-hydrogen) atoms. The molecule has 0 atom stereocenters. The number of aryl methyl sites for hydroxylation is 3. The van der Waals surface area contributed by atoms with Crippen LogP contribution in [0.25, 0.3) is 0 Å². The lowest BCUT2D eigenvalue weighted by Gasteiger charge is -2.14. The fraction of sp³-hybridized carbons (Fsp3) is 0.333. The molecule has 0 radical (unpaired) electrons. The second-order valence-electron chi connectivity index (χ2n) is 5.18. The molecule has 0 heterocycles. The standard InChI is InChI=1S/C18H24N2/c1-4-16-7-5-6-15(3)18(16)20-13-12-19-17-10-8-14(2)9-11-17/h5-11,19-20H,4,12-13H2,1-3H3. The van der Waals surface area contributed by atoms with E-state index in [9.17, 15) is 0 Å². The van der Waals surface area contributed by atoms with Crippen LogP contribution in [0.5, 0.6) is 0 Å². The van der Waals surface area contributed by atoms with Crippen LogP contribution in [0.3, 0.4) is 0 Å². The van der Waals surface area contributed by atoms with E-state index < -0.39 is 0 Å². The lowest BCUT2D eigenvalue weighted by molar-refractivity contribution is 1.05. The molecule has 2 rings (SSSR count). The van der Waals surface area contributed by atoms with E-state index in [0.717, 1.165) is 19.5 Å². The van der Waals surface area contributed by atoms with Crippen LogP contribution >= 0.6 is 0 Å². The SMILES string of the molecule is CCc1cccc(C)c1NCCNc1ccc(C)cc1. The molecule has 0 fully saturated rings. The van der Waals surface area contributed by atoms with E-state index in [1.165, 1.54) is 28.1 Å². The quantitative estimate of drug-likeness (QED) is 0.759. The number of nitrogens with one attached hydrogen (secondary N) is 2. The molecule has 0 bridgehead atoms. The van der Waals surface area contributed by atoms with Gasteiger partial charge in [-0.1, -0.05) is 42.8 Å². The van der Waals surface area contributed by atoms with Gasteiger partial charge in [-0.3, -0.25) is 0 Å². The highest BCUT2D eigenvalue weighted by molar-refractivity contribution is 5.57. The summed E-state index contributed by atoms with van der Waals surface area (Å²) in [6.45, 7) is 8.31. The minimum absolute atomic E-state index is 0.917. The zero-order valence-corrected chi connectivity index (χ0v) is 12.7. The summed E-state index contributed by atoms with van der Waals surface area (Å²) in [7, 11) is 0. The van der Waals surface area contributed by atoms with E-state index in [0.29, 0.717) is 0 Å². The van der Waals surface area contributed by atoms with E-state index in [1.54, 1.807) is 0 Å². The van der Waals surface area contributed by atoms with Gasteiger partial charge in [0, 0.05) is 24.5 Å². The normalized spacial score (nSPS) is 10.3. The lowest BCUT2D eigenvalue weighted by atomic mass is 10.1. The molecule has 2 N–H and O–H groups in total. The molecule has 0 amide bonds. The Morgan fingerprint density at radius 3 is 2.25 bits per heavy atom. The van der Waals surface area contributed by atoms with Crippen LogP contribution in [-0.2, 0) is 6.42 Å². The molecular weight excluding hydrogens is 244 g/mol. The predicted octanol–water partition coefficient (Wildman–Crippen LogP) is 4.39. The predicted molar refractivity (Wildman–Crippen MR) is 88.7 cm³/mol. The topological polar surface area (TPSA) is 24.1 Å². The Kier molecular flexibility index (Phi) is 5.05. The maximum Gasteiger partial charge on any atom is 0.0402 e. The van der Waals surface area contributed by atoms with Crippen LogP contribution in [0.4, 0.5) is 11.4 Å². The van der Waals surface area contributed by atoms with E-state index >= 15 is 0 Å². The lowest BCUT2D eigenvalue weighted by Crippen LogP contribution is -2.15. The van der Waals surface area contributed by atoms with Crippen molar-refractivity contribution in [3.8, 4) is 0 Å². The molecule has 2 nitrogen and oxygen atoms in total. The van der Waals surface area contributed by atoms with Crippen LogP contribution in [0.1, 0.15) is 23.6 Å². The maximum atomic E-state index is 3.55. The fourth-order valence-corrected chi connectivity index (χ4v) is 2.34. The monoisotopic (exact) mass is 268 g/mol. The van der Waals surface area contributed by atoms with Crippen molar-refractivity contribution in [3.63, 3.8) is 0 Å². The minimum Gasteiger partial charge on any atom is -0.383 e. The largest absolute Gasteiger partial charge is 0.383 e. The highest BCUT2D eigenvalue weighted by Crippen LogP contribution is 2.20. The first-order valence-electron chi connectivity index (χ1n) is 7.33. The summed E-state index contributed by atoms with van der Waals surface area (Å²) < 4.78 is 0. The summed E-state index contributed by atoms with van der Waals surface area (Å²) >= 11 is 0. The molecule has 0 saturated heterocycles. The molecule has 2 aromatic rings. The molecule has 2 aromatic carbocycles. The molecule has 0 aromatic heterocycles. The van der Waals surface area contributed by atoms with Gasteiger partial charge in [-0.15, -0.1) is 0 Å². The van der Waals surface area contributed by atoms with E-state index in [2.05, 4.69) is 73.9 Å². The zero-order chi connectivity index (χ0) is 14.4. The van der Waals surface area contributed by atoms with Crippen molar-refractivity contribution in [2.45, 2.75) is 27.2 Å². The number of rotatable bonds is 6. The average molecular weight is 268 g/mol. The van der Waals surface area contributed by atoms with E-state index in [-0.39, 0.29) is 0 Å². The number of anilines is 2. The van der Waals surface area contributed by atoms with E-state index in [1.807, 2.05) is 0 Å². The van der Waals surface area contributed by atoms with Crippen LogP contribution in [-0.4, -0.2) is 13.1 Å². The summed E-state index contributed by atoms with van der Waals surface area (Å²) in [6.07, 6.45) is 1.06. The summed E-state index contributed by atoms with van der Waals surface area (Å²) in [6, 6.07) is 15.0. The van der Waals surface area contributed by atoms with Crippen LogP contribution in [0, 0.1) is 13.8 Å². The van der Waals surface area contributed by atoms with Crippen molar-refractivity contribution in [3.05, 3.63) is 59.2 Å². The smallest absolute Gasteiger partial charge is 0.0402 e. The van der Waals surface area contributed by atoms with Gasteiger partial charge < -0.3 is 10.6 Å². The van der Waals surface area contributed by atoms with Crippen molar-refractivity contribution >= 4 is 11.4 Å². The molecule has 106 valence electrons. The highest BCUT2D eigenvalue weighted by atomic mass is 14.9. The molecule has 0 aliphatic heterocycles. The van der Waals surface area contributed by atoms with Crippen molar-refractivity contribution < 1.29 is 0 Å². The Labute approximate surface area is 122 Å². The Morgan fingerprint density at radius 2 is 1.55 bits per heavy atom. The first kappa shape index (κ1) is 14.4. The molecule has 2 heteroatoms. The zero-order valence-electron chi connectivity index (χ0n) is 12.7. The third-order valence-electron chi connectivity index (χ3n) is 3.55. The fourth-order valence-electron chi connectivity index (χ4n) is 2.34. The average Bonchev–Trinajstić information content (AvgIpc) is 2.46. The van der Waals surface area contributed by atoms with Crippen LogP contribution < -0.4 is 10.6 Å². The third-order valence-corrected chi connectivity index (χ3v) is 3.55. The Morgan fingerprint density at radius 1 is 0.850 bits per heavy atom. The summed E-state index contributed by atoms with van der Waals surface area (Å²) in [5.41, 5.74) is 6.47. The molecular formula is C18H24N2. The minimum atomic E-state index is 0.917. The van der Waals surface area contributed by atoms with E-state index in [4.69, 9.17) is 0 Å².